The third-order valence-corrected chi connectivity index (χ3v) is 6.59. The summed E-state index contributed by atoms with van der Waals surface area (Å²) in [4.78, 5) is 45.1. The predicted molar refractivity (Wildman–Crippen MR) is 137 cm³/mol. The summed E-state index contributed by atoms with van der Waals surface area (Å²) in [6, 6.07) is 15.5. The Morgan fingerprint density at radius 1 is 1.06 bits per heavy atom. The maximum absolute atomic E-state index is 13.2. The molecule has 34 heavy (non-hydrogen) atoms. The number of anilines is 1. The van der Waals surface area contributed by atoms with Gasteiger partial charge in [-0.2, -0.15) is 0 Å². The van der Waals surface area contributed by atoms with Crippen LogP contribution in [0.3, 0.4) is 0 Å². The molecule has 8 nitrogen and oxygen atoms in total. The third-order valence-electron chi connectivity index (χ3n) is 5.50. The Morgan fingerprint density at radius 2 is 1.74 bits per heavy atom. The second-order valence-electron chi connectivity index (χ2n) is 7.82. The Kier molecular flexibility index (Phi) is 9.24. The van der Waals surface area contributed by atoms with Crippen molar-refractivity contribution in [1.82, 2.24) is 19.8 Å². The van der Waals surface area contributed by atoms with Crippen LogP contribution in [0, 0.1) is 0 Å². The fourth-order valence-corrected chi connectivity index (χ4v) is 4.47. The van der Waals surface area contributed by atoms with Crippen LogP contribution in [0.25, 0.3) is 10.9 Å². The highest BCUT2D eigenvalue weighted by Crippen LogP contribution is 2.23. The summed E-state index contributed by atoms with van der Waals surface area (Å²) < 4.78 is 1.64. The number of thioether (sulfide) groups is 1. The van der Waals surface area contributed by atoms with Crippen LogP contribution >= 0.6 is 11.8 Å². The minimum atomic E-state index is -0.636. The molecule has 9 heteroatoms. The van der Waals surface area contributed by atoms with E-state index < -0.39 is 17.2 Å². The van der Waals surface area contributed by atoms with Crippen LogP contribution in [-0.4, -0.2) is 51.3 Å². The number of carbonyl (C=O) groups excluding carboxylic acids is 2. The van der Waals surface area contributed by atoms with Crippen LogP contribution in [0.5, 0.6) is 0 Å². The lowest BCUT2D eigenvalue weighted by atomic mass is 10.2. The number of rotatable bonds is 10. The Morgan fingerprint density at radius 3 is 2.44 bits per heavy atom. The zero-order chi connectivity index (χ0) is 24.5. The van der Waals surface area contributed by atoms with Gasteiger partial charge in [-0.3, -0.25) is 19.5 Å². The highest BCUT2D eigenvalue weighted by Gasteiger charge is 2.21. The van der Waals surface area contributed by atoms with Gasteiger partial charge in [0.25, 0.3) is 5.56 Å². The van der Waals surface area contributed by atoms with Crippen LogP contribution < -0.4 is 16.2 Å². The quantitative estimate of drug-likeness (QED) is 0.336. The van der Waals surface area contributed by atoms with Gasteiger partial charge >= 0.3 is 6.03 Å². The number of hydrogen-bond acceptors (Lipinski definition) is 6. The first-order chi connectivity index (χ1) is 16.4. The first-order valence-corrected chi connectivity index (χ1v) is 12.4. The van der Waals surface area contributed by atoms with Crippen molar-refractivity contribution in [3.8, 4) is 0 Å². The van der Waals surface area contributed by atoms with Crippen molar-refractivity contribution in [3.63, 3.8) is 0 Å². The molecule has 3 aromatic rings. The van der Waals surface area contributed by atoms with E-state index in [4.69, 9.17) is 0 Å². The molecular weight excluding hydrogens is 450 g/mol. The Bertz CT molecular complexity index is 1180. The fraction of sp³-hybridized carbons (Fsp3) is 0.360. The molecule has 0 saturated heterocycles. The maximum Gasteiger partial charge on any atom is 0.325 e. The zero-order valence-corrected chi connectivity index (χ0v) is 20.6. The molecule has 1 heterocycles. The number of para-hydroxylation sites is 2. The molecule has 0 aliphatic heterocycles. The molecule has 0 aliphatic rings. The highest BCUT2D eigenvalue weighted by molar-refractivity contribution is 8.00. The topological polar surface area (TPSA) is 96.3 Å². The Hall–Kier alpha value is -3.17. The van der Waals surface area contributed by atoms with E-state index in [-0.39, 0.29) is 5.56 Å². The van der Waals surface area contributed by atoms with Gasteiger partial charge in [-0.05, 0) is 57.2 Å². The highest BCUT2D eigenvalue weighted by atomic mass is 32.2. The third kappa shape index (κ3) is 6.68. The molecule has 0 bridgehead atoms. The number of amides is 3. The predicted octanol–water partition coefficient (Wildman–Crippen LogP) is 3.96. The molecule has 2 N–H and O–H groups in total. The van der Waals surface area contributed by atoms with Gasteiger partial charge < -0.3 is 10.2 Å². The van der Waals surface area contributed by atoms with Gasteiger partial charge in [0.2, 0.25) is 5.91 Å². The average molecular weight is 482 g/mol. The summed E-state index contributed by atoms with van der Waals surface area (Å²) in [5, 5.41) is 5.37. The molecule has 180 valence electrons. The molecule has 0 saturated carbocycles. The number of aromatic nitrogens is 2. The number of carbonyl (C=O) groups is 2. The summed E-state index contributed by atoms with van der Waals surface area (Å²) in [5.74, 6) is -0.462. The Labute approximate surface area is 203 Å². The van der Waals surface area contributed by atoms with E-state index in [1.807, 2.05) is 18.2 Å². The number of imide groups is 1. The number of benzene rings is 2. The van der Waals surface area contributed by atoms with Crippen molar-refractivity contribution in [3.05, 3.63) is 65.0 Å². The minimum Gasteiger partial charge on any atom is -0.308 e. The summed E-state index contributed by atoms with van der Waals surface area (Å²) >= 11 is 1.17. The Balaban J connectivity index is 1.75. The van der Waals surface area contributed by atoms with E-state index >= 15 is 0 Å². The van der Waals surface area contributed by atoms with Gasteiger partial charge in [0, 0.05) is 12.2 Å². The molecule has 2 aromatic carbocycles. The normalized spacial score (nSPS) is 12.0. The van der Waals surface area contributed by atoms with Gasteiger partial charge in [0.15, 0.2) is 5.16 Å². The molecule has 0 radical (unpaired) electrons. The van der Waals surface area contributed by atoms with E-state index in [1.165, 1.54) is 11.8 Å². The fourth-order valence-electron chi connectivity index (χ4n) is 3.54. The zero-order valence-electron chi connectivity index (χ0n) is 19.8. The second kappa shape index (κ2) is 12.3. The minimum absolute atomic E-state index is 0.123. The van der Waals surface area contributed by atoms with Crippen molar-refractivity contribution in [2.24, 2.45) is 0 Å². The van der Waals surface area contributed by atoms with Crippen LogP contribution in [0.4, 0.5) is 10.5 Å². The molecule has 3 amide bonds. The van der Waals surface area contributed by atoms with Gasteiger partial charge in [-0.25, -0.2) is 9.78 Å². The summed E-state index contributed by atoms with van der Waals surface area (Å²) in [7, 11) is 0. The van der Waals surface area contributed by atoms with E-state index in [1.54, 1.807) is 47.9 Å². The van der Waals surface area contributed by atoms with E-state index in [0.717, 1.165) is 26.1 Å². The van der Waals surface area contributed by atoms with Gasteiger partial charge in [-0.15, -0.1) is 0 Å². The molecule has 0 aliphatic carbocycles. The lowest BCUT2D eigenvalue weighted by Crippen LogP contribution is -2.39. The van der Waals surface area contributed by atoms with E-state index in [0.29, 0.717) is 28.3 Å². The van der Waals surface area contributed by atoms with E-state index in [9.17, 15) is 14.4 Å². The standard InChI is InChI=1S/C25H31N5O3S/c1-4-29(5-2)16-11-17-30-23(32)20-14-9-10-15-21(20)27-25(30)34-18(3)22(31)28-24(33)26-19-12-7-6-8-13-19/h6-10,12-15,18H,4-5,11,16-17H2,1-3H3,(H2,26,28,31,33). The molecule has 1 atom stereocenters. The van der Waals surface area contributed by atoms with Gasteiger partial charge in [-0.1, -0.05) is 55.9 Å². The number of urea groups is 1. The summed E-state index contributed by atoms with van der Waals surface area (Å²) in [6.07, 6.45) is 0.787. The lowest BCUT2D eigenvalue weighted by molar-refractivity contribution is -0.119. The number of hydrogen-bond donors (Lipinski definition) is 2. The van der Waals surface area contributed by atoms with Crippen LogP contribution in [0.2, 0.25) is 0 Å². The SMILES string of the molecule is CCN(CC)CCCn1c(SC(C)C(=O)NC(=O)Nc2ccccc2)nc2ccccc2c1=O. The number of fused-ring (bicyclic) bond motifs is 1. The first-order valence-electron chi connectivity index (χ1n) is 11.5. The lowest BCUT2D eigenvalue weighted by Gasteiger charge is -2.19. The first kappa shape index (κ1) is 25.5. The van der Waals surface area contributed by atoms with Gasteiger partial charge in [0.1, 0.15) is 0 Å². The van der Waals surface area contributed by atoms with Crippen molar-refractivity contribution >= 4 is 40.3 Å². The van der Waals surface area contributed by atoms with Crippen molar-refractivity contribution < 1.29 is 9.59 Å². The second-order valence-corrected chi connectivity index (χ2v) is 9.13. The maximum atomic E-state index is 13.2. The van der Waals surface area contributed by atoms with Crippen LogP contribution in [0.15, 0.2) is 64.5 Å². The molecule has 0 fully saturated rings. The molecule has 0 spiro atoms. The number of nitrogens with one attached hydrogen (secondary N) is 2. The molecular formula is C25H31N5O3S. The largest absolute Gasteiger partial charge is 0.325 e. The van der Waals surface area contributed by atoms with Crippen LogP contribution in [0.1, 0.15) is 27.2 Å². The summed E-state index contributed by atoms with van der Waals surface area (Å²) in [6.45, 7) is 9.18. The monoisotopic (exact) mass is 481 g/mol. The van der Waals surface area contributed by atoms with Gasteiger partial charge in [0.05, 0.1) is 16.2 Å². The van der Waals surface area contributed by atoms with Crippen molar-refractivity contribution in [2.75, 3.05) is 25.0 Å². The van der Waals surface area contributed by atoms with Crippen molar-refractivity contribution in [2.45, 2.75) is 44.1 Å². The van der Waals surface area contributed by atoms with Crippen LogP contribution in [-0.2, 0) is 11.3 Å². The number of nitrogens with zero attached hydrogens (tertiary/aromatic N) is 3. The molecule has 1 unspecified atom stereocenters. The molecule has 1 aromatic heterocycles. The van der Waals surface area contributed by atoms with E-state index in [2.05, 4.69) is 34.4 Å². The molecule has 3 rings (SSSR count). The smallest absolute Gasteiger partial charge is 0.308 e. The van der Waals surface area contributed by atoms with Crippen molar-refractivity contribution in [1.29, 1.82) is 0 Å². The average Bonchev–Trinajstić information content (AvgIpc) is 2.84. The summed E-state index contributed by atoms with van der Waals surface area (Å²) in [5.41, 5.74) is 1.05.